The maximum atomic E-state index is 5.72. The molecule has 0 fully saturated rings. The van der Waals surface area contributed by atoms with E-state index in [-0.39, 0.29) is 5.54 Å². The van der Waals surface area contributed by atoms with E-state index in [1.807, 2.05) is 4.68 Å². The fourth-order valence-corrected chi connectivity index (χ4v) is 1.34. The lowest BCUT2D eigenvalue weighted by Gasteiger charge is -2.24. The van der Waals surface area contributed by atoms with Gasteiger partial charge < -0.3 is 5.73 Å². The van der Waals surface area contributed by atoms with Crippen molar-refractivity contribution in [3.05, 3.63) is 11.6 Å². The Labute approximate surface area is 85.5 Å². The van der Waals surface area contributed by atoms with Crippen LogP contribution in [0.3, 0.4) is 0 Å². The third-order valence-electron chi connectivity index (χ3n) is 2.42. The van der Waals surface area contributed by atoms with Gasteiger partial charge in [0.1, 0.15) is 5.82 Å². The van der Waals surface area contributed by atoms with Crippen LogP contribution in [0.15, 0.2) is 0 Å². The maximum absolute atomic E-state index is 5.72. The minimum atomic E-state index is -0.133. The van der Waals surface area contributed by atoms with Crippen LogP contribution in [-0.2, 0) is 18.4 Å². The van der Waals surface area contributed by atoms with Gasteiger partial charge in [-0.25, -0.2) is 9.67 Å². The number of hydrogen-bond donors (Lipinski definition) is 1. The lowest BCUT2D eigenvalue weighted by atomic mass is 10.1. The summed E-state index contributed by atoms with van der Waals surface area (Å²) in [7, 11) is 0. The van der Waals surface area contributed by atoms with E-state index in [1.165, 1.54) is 0 Å². The van der Waals surface area contributed by atoms with E-state index in [9.17, 15) is 0 Å². The molecule has 0 aromatic carbocycles. The quantitative estimate of drug-likeness (QED) is 0.784. The van der Waals surface area contributed by atoms with Gasteiger partial charge in [0, 0.05) is 19.4 Å². The molecule has 0 unspecified atom stereocenters. The fourth-order valence-electron chi connectivity index (χ4n) is 1.34. The number of aryl methyl sites for hydroxylation is 2. The molecular formula is C10H20N4. The molecule has 0 saturated heterocycles. The Kier molecular flexibility index (Phi) is 3.26. The number of rotatable bonds is 4. The SMILES string of the molecule is CCc1nc(CC)n(C(C)(C)CN)n1. The first kappa shape index (κ1) is 11.2. The molecule has 0 aliphatic carbocycles. The molecule has 0 saturated carbocycles. The molecule has 1 heterocycles. The fraction of sp³-hybridized carbons (Fsp3) is 0.800. The van der Waals surface area contributed by atoms with Crippen molar-refractivity contribution >= 4 is 0 Å². The Bertz CT molecular complexity index is 301. The molecule has 0 bridgehead atoms. The third kappa shape index (κ3) is 1.95. The van der Waals surface area contributed by atoms with Crippen LogP contribution in [-0.4, -0.2) is 21.3 Å². The summed E-state index contributed by atoms with van der Waals surface area (Å²) in [6.07, 6.45) is 1.77. The van der Waals surface area contributed by atoms with Crippen molar-refractivity contribution in [2.45, 2.75) is 46.1 Å². The van der Waals surface area contributed by atoms with Crippen molar-refractivity contribution in [3.63, 3.8) is 0 Å². The highest BCUT2D eigenvalue weighted by Crippen LogP contribution is 2.15. The number of hydrogen-bond acceptors (Lipinski definition) is 3. The molecule has 1 aromatic rings. The number of nitrogens with two attached hydrogens (primary N) is 1. The molecule has 80 valence electrons. The Morgan fingerprint density at radius 2 is 1.93 bits per heavy atom. The van der Waals surface area contributed by atoms with Gasteiger partial charge in [-0.1, -0.05) is 13.8 Å². The average Bonchev–Trinajstić information content (AvgIpc) is 2.61. The van der Waals surface area contributed by atoms with Crippen molar-refractivity contribution in [1.82, 2.24) is 14.8 Å². The zero-order valence-electron chi connectivity index (χ0n) is 9.54. The largest absolute Gasteiger partial charge is 0.328 e. The Morgan fingerprint density at radius 1 is 1.29 bits per heavy atom. The van der Waals surface area contributed by atoms with Crippen LogP contribution in [0.2, 0.25) is 0 Å². The second-order valence-corrected chi connectivity index (χ2v) is 4.08. The highest BCUT2D eigenvalue weighted by molar-refractivity contribution is 4.97. The van der Waals surface area contributed by atoms with Crippen LogP contribution in [0, 0.1) is 0 Å². The monoisotopic (exact) mass is 196 g/mol. The van der Waals surface area contributed by atoms with Crippen LogP contribution < -0.4 is 5.73 Å². The predicted molar refractivity (Wildman–Crippen MR) is 57.2 cm³/mol. The van der Waals surface area contributed by atoms with Gasteiger partial charge in [-0.15, -0.1) is 0 Å². The van der Waals surface area contributed by atoms with Crippen LogP contribution in [0.5, 0.6) is 0 Å². The molecule has 1 rings (SSSR count). The van der Waals surface area contributed by atoms with Gasteiger partial charge in [-0.05, 0) is 13.8 Å². The van der Waals surface area contributed by atoms with E-state index in [1.54, 1.807) is 0 Å². The van der Waals surface area contributed by atoms with Gasteiger partial charge in [-0.3, -0.25) is 0 Å². The van der Waals surface area contributed by atoms with Crippen LogP contribution >= 0.6 is 0 Å². The van der Waals surface area contributed by atoms with Crippen molar-refractivity contribution in [2.24, 2.45) is 5.73 Å². The minimum absolute atomic E-state index is 0.133. The van der Waals surface area contributed by atoms with Crippen molar-refractivity contribution in [2.75, 3.05) is 6.54 Å². The molecule has 4 nitrogen and oxygen atoms in total. The number of nitrogens with zero attached hydrogens (tertiary/aromatic N) is 3. The lowest BCUT2D eigenvalue weighted by molar-refractivity contribution is 0.317. The lowest BCUT2D eigenvalue weighted by Crippen LogP contribution is -2.37. The Morgan fingerprint density at radius 3 is 2.36 bits per heavy atom. The summed E-state index contributed by atoms with van der Waals surface area (Å²) in [6, 6.07) is 0. The van der Waals surface area contributed by atoms with Crippen molar-refractivity contribution in [3.8, 4) is 0 Å². The summed E-state index contributed by atoms with van der Waals surface area (Å²) in [6.45, 7) is 8.90. The summed E-state index contributed by atoms with van der Waals surface area (Å²) >= 11 is 0. The Balaban J connectivity index is 3.12. The first-order chi connectivity index (χ1) is 6.55. The molecule has 0 aliphatic heterocycles. The van der Waals surface area contributed by atoms with Gasteiger partial charge in [-0.2, -0.15) is 5.10 Å². The second-order valence-electron chi connectivity index (χ2n) is 4.08. The van der Waals surface area contributed by atoms with Crippen LogP contribution in [0.4, 0.5) is 0 Å². The molecule has 4 heteroatoms. The standard InChI is InChI=1S/C10H20N4/c1-5-8-12-9(6-2)14(13-8)10(3,4)7-11/h5-7,11H2,1-4H3. The summed E-state index contributed by atoms with van der Waals surface area (Å²) in [5, 5.41) is 4.47. The molecule has 1 aromatic heterocycles. The van der Waals surface area contributed by atoms with E-state index in [0.29, 0.717) is 6.54 Å². The third-order valence-corrected chi connectivity index (χ3v) is 2.42. The predicted octanol–water partition coefficient (Wildman–Crippen LogP) is 1.10. The molecule has 0 spiro atoms. The summed E-state index contributed by atoms with van der Waals surface area (Å²) < 4.78 is 1.96. The molecule has 14 heavy (non-hydrogen) atoms. The second kappa shape index (κ2) is 4.09. The van der Waals surface area contributed by atoms with Gasteiger partial charge in [0.25, 0.3) is 0 Å². The van der Waals surface area contributed by atoms with Gasteiger partial charge in [0.05, 0.1) is 5.54 Å². The van der Waals surface area contributed by atoms with Gasteiger partial charge >= 0.3 is 0 Å². The van der Waals surface area contributed by atoms with E-state index in [2.05, 4.69) is 37.8 Å². The Hall–Kier alpha value is -0.900. The van der Waals surface area contributed by atoms with Crippen LogP contribution in [0.1, 0.15) is 39.3 Å². The zero-order chi connectivity index (χ0) is 10.8. The summed E-state index contributed by atoms with van der Waals surface area (Å²) in [5.41, 5.74) is 5.59. The van der Waals surface area contributed by atoms with Gasteiger partial charge in [0.15, 0.2) is 5.82 Å². The van der Waals surface area contributed by atoms with E-state index >= 15 is 0 Å². The van der Waals surface area contributed by atoms with E-state index < -0.39 is 0 Å². The van der Waals surface area contributed by atoms with Crippen molar-refractivity contribution < 1.29 is 0 Å². The molecule has 0 amide bonds. The van der Waals surface area contributed by atoms with Crippen molar-refractivity contribution in [1.29, 1.82) is 0 Å². The first-order valence-electron chi connectivity index (χ1n) is 5.20. The highest BCUT2D eigenvalue weighted by Gasteiger charge is 2.23. The normalized spacial score (nSPS) is 12.1. The summed E-state index contributed by atoms with van der Waals surface area (Å²) in [4.78, 5) is 4.46. The highest BCUT2D eigenvalue weighted by atomic mass is 15.4. The topological polar surface area (TPSA) is 56.7 Å². The molecule has 0 radical (unpaired) electrons. The van der Waals surface area contributed by atoms with E-state index in [4.69, 9.17) is 5.73 Å². The number of aromatic nitrogens is 3. The maximum Gasteiger partial charge on any atom is 0.150 e. The summed E-state index contributed by atoms with van der Waals surface area (Å²) in [5.74, 6) is 1.93. The minimum Gasteiger partial charge on any atom is -0.328 e. The average molecular weight is 196 g/mol. The van der Waals surface area contributed by atoms with E-state index in [0.717, 1.165) is 24.5 Å². The molecule has 2 N–H and O–H groups in total. The van der Waals surface area contributed by atoms with Crippen LogP contribution in [0.25, 0.3) is 0 Å². The zero-order valence-corrected chi connectivity index (χ0v) is 9.54. The first-order valence-corrected chi connectivity index (χ1v) is 5.20. The molecule has 0 atom stereocenters. The molecular weight excluding hydrogens is 176 g/mol. The smallest absolute Gasteiger partial charge is 0.150 e. The van der Waals surface area contributed by atoms with Gasteiger partial charge in [0.2, 0.25) is 0 Å². The molecule has 0 aliphatic rings.